The van der Waals surface area contributed by atoms with Crippen molar-refractivity contribution in [3.63, 3.8) is 0 Å². The number of hydrogen-bond acceptors (Lipinski definition) is 3. The molecule has 0 aromatic heterocycles. The minimum atomic E-state index is -0.0282. The normalized spacial score (nSPS) is 14.7. The fourth-order valence-electron chi connectivity index (χ4n) is 2.31. The third-order valence-corrected chi connectivity index (χ3v) is 4.25. The number of rotatable bonds is 2. The standard InChI is InChI=1S/C16H13ClN2O.C4H11N/c1-19-14-8-7-12(17)9-13(14)16(18-10-15(19)20)11-5-3-2-4-6-11;1-3-4(2)5/h2-9H,10H2,1H3;4H,3,5H2,1-2H3. The van der Waals surface area contributed by atoms with Crippen molar-refractivity contribution >= 4 is 28.9 Å². The zero-order valence-electron chi connectivity index (χ0n) is 14.9. The van der Waals surface area contributed by atoms with Gasteiger partial charge in [0.15, 0.2) is 0 Å². The van der Waals surface area contributed by atoms with Crippen molar-refractivity contribution in [2.45, 2.75) is 26.3 Å². The molecule has 2 aromatic rings. The summed E-state index contributed by atoms with van der Waals surface area (Å²) >= 11 is 6.11. The van der Waals surface area contributed by atoms with E-state index < -0.39 is 0 Å². The smallest absolute Gasteiger partial charge is 0.248 e. The molecule has 0 radical (unpaired) electrons. The second-order valence-electron chi connectivity index (χ2n) is 6.03. The highest BCUT2D eigenvalue weighted by Gasteiger charge is 2.22. The number of benzodiazepines with no additional fused rings is 1. The molecule has 4 nitrogen and oxygen atoms in total. The van der Waals surface area contributed by atoms with E-state index in [0.29, 0.717) is 11.1 Å². The molecule has 1 atom stereocenters. The number of aliphatic imine (C=N–C) groups is 1. The van der Waals surface area contributed by atoms with E-state index in [1.807, 2.05) is 49.4 Å². The van der Waals surface area contributed by atoms with E-state index in [1.54, 1.807) is 18.0 Å². The first-order chi connectivity index (χ1) is 11.9. The van der Waals surface area contributed by atoms with Crippen molar-refractivity contribution in [1.29, 1.82) is 0 Å². The number of likely N-dealkylation sites (N-methyl/N-ethyl adjacent to an activating group) is 1. The van der Waals surface area contributed by atoms with Gasteiger partial charge in [-0.25, -0.2) is 0 Å². The monoisotopic (exact) mass is 357 g/mol. The largest absolute Gasteiger partial charge is 0.328 e. The van der Waals surface area contributed by atoms with Crippen LogP contribution in [0.3, 0.4) is 0 Å². The molecule has 3 rings (SSSR count). The number of fused-ring (bicyclic) bond motifs is 1. The molecule has 0 spiro atoms. The predicted molar refractivity (Wildman–Crippen MR) is 106 cm³/mol. The summed E-state index contributed by atoms with van der Waals surface area (Å²) in [5.41, 5.74) is 8.80. The third kappa shape index (κ3) is 4.91. The van der Waals surface area contributed by atoms with E-state index in [9.17, 15) is 4.79 Å². The lowest BCUT2D eigenvalue weighted by Crippen LogP contribution is -2.27. The first-order valence-electron chi connectivity index (χ1n) is 8.36. The molecular formula is C20H24ClN3O. The van der Waals surface area contributed by atoms with Crippen LogP contribution in [0.25, 0.3) is 0 Å². The highest BCUT2D eigenvalue weighted by molar-refractivity contribution is 6.32. The predicted octanol–water partition coefficient (Wildman–Crippen LogP) is 3.90. The summed E-state index contributed by atoms with van der Waals surface area (Å²) in [6.45, 7) is 4.22. The third-order valence-electron chi connectivity index (χ3n) is 4.01. The van der Waals surface area contributed by atoms with Crippen LogP contribution in [-0.4, -0.2) is 31.3 Å². The first kappa shape index (κ1) is 19.2. The number of nitrogens with two attached hydrogens (primary N) is 1. The summed E-state index contributed by atoms with van der Waals surface area (Å²) in [5.74, 6) is -0.0282. The maximum atomic E-state index is 12.0. The highest BCUT2D eigenvalue weighted by atomic mass is 35.5. The molecule has 0 saturated carbocycles. The van der Waals surface area contributed by atoms with Crippen molar-refractivity contribution in [2.75, 3.05) is 18.5 Å². The average molecular weight is 358 g/mol. The Balaban J connectivity index is 0.000000399. The Kier molecular flexibility index (Phi) is 6.73. The Hall–Kier alpha value is -2.17. The summed E-state index contributed by atoms with van der Waals surface area (Å²) in [5, 5.41) is 0.634. The molecule has 0 bridgehead atoms. The molecule has 2 N–H and O–H groups in total. The van der Waals surface area contributed by atoms with E-state index in [4.69, 9.17) is 17.3 Å². The molecule has 2 aromatic carbocycles. The molecule has 1 heterocycles. The maximum Gasteiger partial charge on any atom is 0.248 e. The van der Waals surface area contributed by atoms with Gasteiger partial charge in [-0.15, -0.1) is 0 Å². The Morgan fingerprint density at radius 1 is 1.24 bits per heavy atom. The van der Waals surface area contributed by atoms with Gasteiger partial charge in [0.1, 0.15) is 6.54 Å². The number of halogens is 1. The summed E-state index contributed by atoms with van der Waals surface area (Å²) < 4.78 is 0. The van der Waals surface area contributed by atoms with Gasteiger partial charge in [0.2, 0.25) is 5.91 Å². The summed E-state index contributed by atoms with van der Waals surface area (Å²) in [6, 6.07) is 15.7. The van der Waals surface area contributed by atoms with Crippen molar-refractivity contribution in [3.8, 4) is 0 Å². The van der Waals surface area contributed by atoms with Gasteiger partial charge >= 0.3 is 0 Å². The van der Waals surface area contributed by atoms with Crippen LogP contribution >= 0.6 is 11.6 Å². The molecule has 25 heavy (non-hydrogen) atoms. The molecule has 0 aliphatic carbocycles. The Morgan fingerprint density at radius 3 is 2.48 bits per heavy atom. The molecule has 1 aliphatic heterocycles. The van der Waals surface area contributed by atoms with Crippen LogP contribution in [0.15, 0.2) is 53.5 Å². The van der Waals surface area contributed by atoms with E-state index in [2.05, 4.69) is 11.9 Å². The minimum Gasteiger partial charge on any atom is -0.328 e. The molecule has 0 saturated heterocycles. The number of benzene rings is 2. The van der Waals surface area contributed by atoms with E-state index >= 15 is 0 Å². The zero-order chi connectivity index (χ0) is 18.4. The maximum absolute atomic E-state index is 12.0. The van der Waals surface area contributed by atoms with Gasteiger partial charge in [-0.2, -0.15) is 0 Å². The summed E-state index contributed by atoms with van der Waals surface area (Å²) in [6.07, 6.45) is 1.08. The van der Waals surface area contributed by atoms with Crippen molar-refractivity contribution < 1.29 is 4.79 Å². The van der Waals surface area contributed by atoms with Crippen molar-refractivity contribution in [1.82, 2.24) is 0 Å². The Morgan fingerprint density at radius 2 is 1.88 bits per heavy atom. The van der Waals surface area contributed by atoms with E-state index in [-0.39, 0.29) is 12.5 Å². The van der Waals surface area contributed by atoms with Crippen LogP contribution in [0, 0.1) is 0 Å². The molecule has 1 amide bonds. The Labute approximate surface area is 154 Å². The number of anilines is 1. The summed E-state index contributed by atoms with van der Waals surface area (Å²) in [7, 11) is 1.76. The lowest BCUT2D eigenvalue weighted by atomic mass is 10.0. The van der Waals surface area contributed by atoms with Crippen LogP contribution in [0.4, 0.5) is 5.69 Å². The Bertz CT molecular complexity index is 757. The zero-order valence-corrected chi connectivity index (χ0v) is 15.6. The van der Waals surface area contributed by atoms with Gasteiger partial charge in [-0.05, 0) is 31.5 Å². The molecular weight excluding hydrogens is 334 g/mol. The molecule has 0 fully saturated rings. The van der Waals surface area contributed by atoms with Gasteiger partial charge < -0.3 is 10.6 Å². The lowest BCUT2D eigenvalue weighted by molar-refractivity contribution is -0.116. The quantitative estimate of drug-likeness (QED) is 0.886. The molecule has 1 aliphatic rings. The van der Waals surface area contributed by atoms with Crippen LogP contribution in [-0.2, 0) is 4.79 Å². The van der Waals surface area contributed by atoms with Crippen LogP contribution in [0.1, 0.15) is 31.4 Å². The number of carbonyl (C=O) groups is 1. The minimum absolute atomic E-state index is 0.0282. The van der Waals surface area contributed by atoms with Crippen molar-refractivity contribution in [3.05, 3.63) is 64.7 Å². The molecule has 132 valence electrons. The van der Waals surface area contributed by atoms with Gasteiger partial charge in [0, 0.05) is 29.2 Å². The second-order valence-corrected chi connectivity index (χ2v) is 6.47. The van der Waals surface area contributed by atoms with Gasteiger partial charge in [0.25, 0.3) is 0 Å². The molecule has 5 heteroatoms. The number of carbonyl (C=O) groups excluding carboxylic acids is 1. The fraction of sp³-hybridized carbons (Fsp3) is 0.300. The topological polar surface area (TPSA) is 58.7 Å². The first-order valence-corrected chi connectivity index (χ1v) is 8.73. The van der Waals surface area contributed by atoms with Gasteiger partial charge in [-0.3, -0.25) is 9.79 Å². The highest BCUT2D eigenvalue weighted by Crippen LogP contribution is 2.28. The van der Waals surface area contributed by atoms with Crippen molar-refractivity contribution in [2.24, 2.45) is 10.7 Å². The van der Waals surface area contributed by atoms with E-state index in [1.165, 1.54) is 0 Å². The van der Waals surface area contributed by atoms with Crippen LogP contribution in [0.5, 0.6) is 0 Å². The van der Waals surface area contributed by atoms with Crippen LogP contribution in [0.2, 0.25) is 5.02 Å². The van der Waals surface area contributed by atoms with Gasteiger partial charge in [-0.1, -0.05) is 48.9 Å². The SMILES string of the molecule is CCC(C)N.CN1C(=O)CN=C(c2ccccc2)c2cc(Cl)ccc21. The number of amides is 1. The lowest BCUT2D eigenvalue weighted by Gasteiger charge is -2.18. The van der Waals surface area contributed by atoms with Crippen LogP contribution < -0.4 is 10.6 Å². The van der Waals surface area contributed by atoms with Gasteiger partial charge in [0.05, 0.1) is 11.4 Å². The number of hydrogen-bond donors (Lipinski definition) is 1. The average Bonchev–Trinajstić information content (AvgIpc) is 2.73. The second kappa shape index (κ2) is 8.79. The number of nitrogens with zero attached hydrogens (tertiary/aromatic N) is 2. The fourth-order valence-corrected chi connectivity index (χ4v) is 2.48. The van der Waals surface area contributed by atoms with E-state index in [0.717, 1.165) is 28.9 Å². The summed E-state index contributed by atoms with van der Waals surface area (Å²) in [4.78, 5) is 18.1. The molecule has 1 unspecified atom stereocenters.